The van der Waals surface area contributed by atoms with Crippen molar-refractivity contribution in [3.8, 4) is 0 Å². The summed E-state index contributed by atoms with van der Waals surface area (Å²) in [5, 5.41) is 14.7. The van der Waals surface area contributed by atoms with E-state index >= 15 is 0 Å². The lowest BCUT2D eigenvalue weighted by Gasteiger charge is -2.28. The Balaban J connectivity index is 2.01. The molecule has 0 aliphatic carbocycles. The van der Waals surface area contributed by atoms with E-state index in [1.54, 1.807) is 45.0 Å². The number of aromatic nitrogens is 1. The van der Waals surface area contributed by atoms with Crippen LogP contribution in [-0.2, 0) is 27.3 Å². The molecule has 3 N–H and O–H groups in total. The number of fused-ring (bicyclic) bond motifs is 3. The lowest BCUT2D eigenvalue weighted by atomic mass is 9.95. The Bertz CT molecular complexity index is 1070. The van der Waals surface area contributed by atoms with Crippen molar-refractivity contribution in [3.05, 3.63) is 35.5 Å². The topological polar surface area (TPSA) is 110 Å². The zero-order valence-corrected chi connectivity index (χ0v) is 18.5. The second-order valence-corrected chi connectivity index (χ2v) is 8.94. The van der Waals surface area contributed by atoms with Gasteiger partial charge in [-0.3, -0.25) is 4.79 Å². The number of carbonyl (C=O) groups is 3. The first-order valence-electron chi connectivity index (χ1n) is 10.5. The number of benzene rings is 1. The number of hydrogen-bond donors (Lipinski definition) is 3. The van der Waals surface area contributed by atoms with Gasteiger partial charge in [0.2, 0.25) is 0 Å². The molecule has 0 radical (unpaired) electrons. The number of amides is 2. The van der Waals surface area contributed by atoms with Gasteiger partial charge in [-0.1, -0.05) is 18.2 Å². The molecule has 1 aliphatic rings. The van der Waals surface area contributed by atoms with Crippen molar-refractivity contribution in [2.45, 2.75) is 70.4 Å². The Labute approximate surface area is 188 Å². The van der Waals surface area contributed by atoms with Crippen LogP contribution in [0.2, 0.25) is 0 Å². The molecule has 2 heterocycles. The van der Waals surface area contributed by atoms with Gasteiger partial charge in [0.1, 0.15) is 11.6 Å². The molecule has 0 saturated carbocycles. The van der Waals surface area contributed by atoms with Crippen LogP contribution in [0.15, 0.2) is 24.3 Å². The Morgan fingerprint density at radius 1 is 1.21 bits per heavy atom. The molecule has 2 aromatic rings. The number of para-hydroxylation sites is 1. The van der Waals surface area contributed by atoms with Gasteiger partial charge in [0.15, 0.2) is 0 Å². The van der Waals surface area contributed by atoms with E-state index in [9.17, 15) is 32.7 Å². The summed E-state index contributed by atoms with van der Waals surface area (Å²) >= 11 is 0. The van der Waals surface area contributed by atoms with Crippen molar-refractivity contribution >= 4 is 28.9 Å². The minimum absolute atomic E-state index is 0.199. The van der Waals surface area contributed by atoms with E-state index in [0.717, 1.165) is 5.52 Å². The van der Waals surface area contributed by atoms with Gasteiger partial charge in [-0.25, -0.2) is 9.59 Å². The Morgan fingerprint density at radius 3 is 2.48 bits per heavy atom. The highest BCUT2D eigenvalue weighted by Gasteiger charge is 2.41. The highest BCUT2D eigenvalue weighted by atomic mass is 19.4. The fraction of sp³-hybridized carbons (Fsp3) is 0.500. The van der Waals surface area contributed by atoms with Crippen LogP contribution in [-0.4, -0.2) is 45.5 Å². The number of halogens is 3. The van der Waals surface area contributed by atoms with Gasteiger partial charge in [0, 0.05) is 29.6 Å². The molecule has 8 nitrogen and oxygen atoms in total. The second-order valence-electron chi connectivity index (χ2n) is 8.94. The van der Waals surface area contributed by atoms with Crippen LogP contribution in [0.25, 0.3) is 10.9 Å². The summed E-state index contributed by atoms with van der Waals surface area (Å²) in [5.74, 6) is -3.38. The number of carboxylic acid groups (broad SMARTS) is 1. The molecule has 1 aromatic heterocycles. The first-order valence-corrected chi connectivity index (χ1v) is 10.5. The average molecular weight is 469 g/mol. The summed E-state index contributed by atoms with van der Waals surface area (Å²) in [6.07, 6.45) is -5.37. The number of alkyl carbamates (subject to hydrolysis) is 1. The molecule has 11 heteroatoms. The number of hydrogen-bond acceptors (Lipinski definition) is 4. The number of carbonyl (C=O) groups excluding carboxylic acids is 2. The van der Waals surface area contributed by atoms with Gasteiger partial charge in [-0.05, 0) is 45.2 Å². The predicted molar refractivity (Wildman–Crippen MR) is 113 cm³/mol. The average Bonchev–Trinajstić information content (AvgIpc) is 3.00. The smallest absolute Gasteiger partial charge is 0.471 e. The number of ether oxygens (including phenoxy) is 1. The molecule has 1 aliphatic heterocycles. The Kier molecular flexibility index (Phi) is 6.62. The number of aryl methyl sites for hydroxylation is 1. The van der Waals surface area contributed by atoms with E-state index < -0.39 is 41.8 Å². The summed E-state index contributed by atoms with van der Waals surface area (Å²) < 4.78 is 45.7. The van der Waals surface area contributed by atoms with Crippen molar-refractivity contribution in [2.24, 2.45) is 0 Å². The molecule has 180 valence electrons. The first kappa shape index (κ1) is 24.4. The standard InChI is InChI=1S/C22H26F3N3O5/c1-21(2,3)33-20(32)27-15(18(29)30)11-13-12-7-4-5-9-16(12)28-10-6-8-14(17(13)28)26-19(31)22(23,24)25/h4-5,7,9,14-15H,6,8,10-11H2,1-3H3,(H,26,31)(H,27,32)(H,29,30)/t14?,15-/m0/s1. The molecule has 0 saturated heterocycles. The number of rotatable bonds is 5. The number of nitrogens with zero attached hydrogens (tertiary/aromatic N) is 1. The van der Waals surface area contributed by atoms with Gasteiger partial charge in [0.25, 0.3) is 0 Å². The monoisotopic (exact) mass is 469 g/mol. The maximum atomic E-state index is 12.9. The Hall–Kier alpha value is -3.24. The van der Waals surface area contributed by atoms with Crippen LogP contribution in [0.1, 0.15) is 50.9 Å². The minimum atomic E-state index is -5.05. The lowest BCUT2D eigenvalue weighted by Crippen LogP contribution is -2.45. The molecular weight excluding hydrogens is 443 g/mol. The molecule has 2 amide bonds. The van der Waals surface area contributed by atoms with Gasteiger partial charge < -0.3 is 25.0 Å². The molecule has 1 unspecified atom stereocenters. The summed E-state index contributed by atoms with van der Waals surface area (Å²) in [6.45, 7) is 5.40. The number of aliphatic carboxylic acids is 1. The quantitative estimate of drug-likeness (QED) is 0.619. The molecule has 0 bridgehead atoms. The third-order valence-electron chi connectivity index (χ3n) is 5.28. The number of alkyl halides is 3. The summed E-state index contributed by atoms with van der Waals surface area (Å²) in [4.78, 5) is 35.8. The molecule has 2 atom stereocenters. The van der Waals surface area contributed by atoms with Crippen LogP contribution in [0, 0.1) is 0 Å². The maximum Gasteiger partial charge on any atom is 0.471 e. The molecule has 3 rings (SSSR count). The summed E-state index contributed by atoms with van der Waals surface area (Å²) in [7, 11) is 0. The molecule has 0 fully saturated rings. The predicted octanol–water partition coefficient (Wildman–Crippen LogP) is 3.68. The zero-order chi connectivity index (χ0) is 24.6. The van der Waals surface area contributed by atoms with Crippen LogP contribution in [0.3, 0.4) is 0 Å². The van der Waals surface area contributed by atoms with Crippen molar-refractivity contribution < 1.29 is 37.4 Å². The fourth-order valence-electron chi connectivity index (χ4n) is 4.07. The minimum Gasteiger partial charge on any atom is -0.480 e. The van der Waals surface area contributed by atoms with Crippen LogP contribution < -0.4 is 10.6 Å². The van der Waals surface area contributed by atoms with Gasteiger partial charge in [-0.15, -0.1) is 0 Å². The maximum absolute atomic E-state index is 12.9. The van der Waals surface area contributed by atoms with Crippen molar-refractivity contribution in [3.63, 3.8) is 0 Å². The van der Waals surface area contributed by atoms with Gasteiger partial charge >= 0.3 is 24.1 Å². The van der Waals surface area contributed by atoms with Crippen molar-refractivity contribution in [2.75, 3.05) is 0 Å². The summed E-state index contributed by atoms with van der Waals surface area (Å²) in [6, 6.07) is 4.68. The van der Waals surface area contributed by atoms with E-state index in [2.05, 4.69) is 5.32 Å². The fourth-order valence-corrected chi connectivity index (χ4v) is 4.07. The van der Waals surface area contributed by atoms with E-state index in [1.807, 2.05) is 9.88 Å². The number of carboxylic acids is 1. The molecule has 0 spiro atoms. The van der Waals surface area contributed by atoms with Crippen molar-refractivity contribution in [1.82, 2.24) is 15.2 Å². The third kappa shape index (κ3) is 5.58. The zero-order valence-electron chi connectivity index (χ0n) is 18.5. The van der Waals surface area contributed by atoms with Crippen LogP contribution in [0.4, 0.5) is 18.0 Å². The first-order chi connectivity index (χ1) is 15.3. The summed E-state index contributed by atoms with van der Waals surface area (Å²) in [5.41, 5.74) is 0.746. The molecule has 1 aromatic carbocycles. The Morgan fingerprint density at radius 2 is 1.88 bits per heavy atom. The third-order valence-corrected chi connectivity index (χ3v) is 5.28. The molecular formula is C22H26F3N3O5. The second kappa shape index (κ2) is 8.95. The normalized spacial score (nSPS) is 17.2. The van der Waals surface area contributed by atoms with E-state index in [4.69, 9.17) is 4.74 Å². The van der Waals surface area contributed by atoms with Gasteiger partial charge in [-0.2, -0.15) is 13.2 Å². The highest BCUT2D eigenvalue weighted by Crippen LogP contribution is 2.37. The number of nitrogens with one attached hydrogen (secondary N) is 2. The van der Waals surface area contributed by atoms with E-state index in [-0.39, 0.29) is 12.8 Å². The van der Waals surface area contributed by atoms with E-state index in [1.165, 1.54) is 0 Å². The van der Waals surface area contributed by atoms with Crippen molar-refractivity contribution in [1.29, 1.82) is 0 Å². The van der Waals surface area contributed by atoms with Gasteiger partial charge in [0.05, 0.1) is 6.04 Å². The largest absolute Gasteiger partial charge is 0.480 e. The lowest BCUT2D eigenvalue weighted by molar-refractivity contribution is -0.174. The highest BCUT2D eigenvalue weighted by molar-refractivity contribution is 5.88. The SMILES string of the molecule is CC(C)(C)OC(=O)N[C@@H](Cc1c2n(c3ccccc13)CCCC2NC(=O)C(F)(F)F)C(=O)O. The van der Waals surface area contributed by atoms with Crippen LogP contribution >= 0.6 is 0 Å². The molecule has 33 heavy (non-hydrogen) atoms. The van der Waals surface area contributed by atoms with Crippen LogP contribution in [0.5, 0.6) is 0 Å². The van der Waals surface area contributed by atoms with E-state index in [0.29, 0.717) is 29.6 Å².